The second kappa shape index (κ2) is 10.2. The van der Waals surface area contributed by atoms with E-state index in [-0.39, 0.29) is 5.78 Å². The van der Waals surface area contributed by atoms with Gasteiger partial charge < -0.3 is 0 Å². The van der Waals surface area contributed by atoms with Crippen molar-refractivity contribution in [2.45, 2.75) is 12.7 Å². The standard InChI is InChI=1S/C27H24F3NO/c1-20(18-31(2)19-21-10-5-3-6-11-21)26(32)25(23-13-7-4-8-14-23)17-22-12-9-15-24(16-22)27(28,29)30/h3-17H,1,18-19H2,2H3/b25-17-. The first-order chi connectivity index (χ1) is 15.2. The van der Waals surface area contributed by atoms with Gasteiger partial charge in [-0.05, 0) is 41.9 Å². The number of allylic oxidation sites excluding steroid dienone is 1. The number of benzene rings is 3. The topological polar surface area (TPSA) is 20.3 Å². The molecule has 0 atom stereocenters. The van der Waals surface area contributed by atoms with Gasteiger partial charge >= 0.3 is 6.18 Å². The lowest BCUT2D eigenvalue weighted by molar-refractivity contribution is -0.137. The van der Waals surface area contributed by atoms with Gasteiger partial charge in [0.05, 0.1) is 5.56 Å². The molecule has 0 aliphatic heterocycles. The van der Waals surface area contributed by atoms with Crippen LogP contribution in [0.2, 0.25) is 0 Å². The van der Waals surface area contributed by atoms with Gasteiger partial charge in [-0.3, -0.25) is 9.69 Å². The van der Waals surface area contributed by atoms with E-state index in [1.165, 1.54) is 12.1 Å². The first-order valence-corrected chi connectivity index (χ1v) is 10.1. The van der Waals surface area contributed by atoms with Gasteiger partial charge in [-0.25, -0.2) is 0 Å². The van der Waals surface area contributed by atoms with Crippen LogP contribution in [0, 0.1) is 0 Å². The summed E-state index contributed by atoms with van der Waals surface area (Å²) in [4.78, 5) is 15.3. The summed E-state index contributed by atoms with van der Waals surface area (Å²) >= 11 is 0. The molecule has 32 heavy (non-hydrogen) atoms. The number of nitrogens with zero attached hydrogens (tertiary/aromatic N) is 1. The van der Waals surface area contributed by atoms with Crippen molar-refractivity contribution in [3.63, 3.8) is 0 Å². The molecular formula is C27H24F3NO. The number of likely N-dealkylation sites (N-methyl/N-ethyl adjacent to an activating group) is 1. The van der Waals surface area contributed by atoms with E-state index in [2.05, 4.69) is 6.58 Å². The molecule has 0 unspecified atom stereocenters. The number of alkyl halides is 3. The van der Waals surface area contributed by atoms with E-state index in [0.717, 1.165) is 17.7 Å². The van der Waals surface area contributed by atoms with E-state index < -0.39 is 11.7 Å². The van der Waals surface area contributed by atoms with Gasteiger partial charge in [-0.15, -0.1) is 0 Å². The lowest BCUT2D eigenvalue weighted by Gasteiger charge is -2.19. The molecule has 3 rings (SSSR count). The Kier molecular flexibility index (Phi) is 7.44. The van der Waals surface area contributed by atoms with Crippen LogP contribution in [-0.4, -0.2) is 24.3 Å². The van der Waals surface area contributed by atoms with E-state index in [4.69, 9.17) is 0 Å². The minimum Gasteiger partial charge on any atom is -0.298 e. The molecule has 0 aliphatic rings. The minimum absolute atomic E-state index is 0.298. The molecule has 0 N–H and O–H groups in total. The zero-order chi connectivity index (χ0) is 23.1. The molecule has 3 aromatic rings. The lowest BCUT2D eigenvalue weighted by atomic mass is 9.94. The van der Waals surface area contributed by atoms with E-state index in [1.54, 1.807) is 30.3 Å². The number of hydrogen-bond donors (Lipinski definition) is 0. The van der Waals surface area contributed by atoms with Crippen LogP contribution in [0.5, 0.6) is 0 Å². The van der Waals surface area contributed by atoms with Crippen LogP contribution in [0.4, 0.5) is 13.2 Å². The molecular weight excluding hydrogens is 411 g/mol. The molecule has 0 aliphatic carbocycles. The van der Waals surface area contributed by atoms with Gasteiger partial charge in [-0.1, -0.05) is 79.4 Å². The third-order valence-corrected chi connectivity index (χ3v) is 4.93. The Labute approximate surface area is 186 Å². The predicted molar refractivity (Wildman–Crippen MR) is 123 cm³/mol. The molecule has 0 spiro atoms. The fraction of sp³-hybridized carbons (Fsp3) is 0.148. The summed E-state index contributed by atoms with van der Waals surface area (Å²) in [6, 6.07) is 23.7. The average molecular weight is 435 g/mol. The molecule has 164 valence electrons. The number of rotatable bonds is 8. The van der Waals surface area contributed by atoms with Crippen LogP contribution < -0.4 is 0 Å². The third-order valence-electron chi connectivity index (χ3n) is 4.93. The zero-order valence-electron chi connectivity index (χ0n) is 17.8. The van der Waals surface area contributed by atoms with E-state index in [9.17, 15) is 18.0 Å². The normalized spacial score (nSPS) is 12.1. The number of Topliss-reactive ketones (excluding diaryl/α,β-unsaturated/α-hetero) is 1. The molecule has 0 saturated carbocycles. The van der Waals surface area contributed by atoms with Crippen LogP contribution in [-0.2, 0) is 17.5 Å². The molecule has 0 heterocycles. The summed E-state index contributed by atoms with van der Waals surface area (Å²) in [6.45, 7) is 4.95. The van der Waals surface area contributed by atoms with E-state index >= 15 is 0 Å². The van der Waals surface area contributed by atoms with Crippen LogP contribution in [0.3, 0.4) is 0 Å². The maximum atomic E-state index is 13.3. The molecule has 3 aromatic carbocycles. The molecule has 0 radical (unpaired) electrons. The molecule has 0 fully saturated rings. The van der Waals surface area contributed by atoms with E-state index in [0.29, 0.717) is 35.4 Å². The molecule has 0 bridgehead atoms. The van der Waals surface area contributed by atoms with Gasteiger partial charge in [0.15, 0.2) is 5.78 Å². The van der Waals surface area contributed by atoms with Crippen molar-refractivity contribution in [3.05, 3.63) is 119 Å². The first kappa shape index (κ1) is 23.2. The van der Waals surface area contributed by atoms with Crippen LogP contribution in [0.15, 0.2) is 97.1 Å². The number of carbonyl (C=O) groups excluding carboxylic acids is 1. The van der Waals surface area contributed by atoms with E-state index in [1.807, 2.05) is 48.3 Å². The van der Waals surface area contributed by atoms with Crippen LogP contribution in [0.25, 0.3) is 11.6 Å². The molecule has 5 heteroatoms. The van der Waals surface area contributed by atoms with Crippen LogP contribution in [0.1, 0.15) is 22.3 Å². The Morgan fingerprint density at radius 1 is 0.938 bits per heavy atom. The Morgan fingerprint density at radius 2 is 1.56 bits per heavy atom. The molecule has 0 amide bonds. The van der Waals surface area contributed by atoms with Crippen molar-refractivity contribution in [1.29, 1.82) is 0 Å². The number of ketones is 1. The van der Waals surface area contributed by atoms with Crippen molar-refractivity contribution in [1.82, 2.24) is 4.90 Å². The summed E-state index contributed by atoms with van der Waals surface area (Å²) in [5, 5.41) is 0. The quantitative estimate of drug-likeness (QED) is 0.297. The Hall–Kier alpha value is -3.44. The summed E-state index contributed by atoms with van der Waals surface area (Å²) in [5.41, 5.74) is 1.96. The zero-order valence-corrected chi connectivity index (χ0v) is 17.8. The van der Waals surface area contributed by atoms with Gasteiger partial charge in [0.2, 0.25) is 0 Å². The smallest absolute Gasteiger partial charge is 0.298 e. The molecule has 0 aromatic heterocycles. The van der Waals surface area contributed by atoms with Crippen molar-refractivity contribution < 1.29 is 18.0 Å². The molecule has 2 nitrogen and oxygen atoms in total. The van der Waals surface area contributed by atoms with Gasteiger partial charge in [0.25, 0.3) is 0 Å². The van der Waals surface area contributed by atoms with Crippen LogP contribution >= 0.6 is 0 Å². The summed E-state index contributed by atoms with van der Waals surface area (Å²) in [5.74, 6) is -0.298. The molecule has 0 saturated heterocycles. The summed E-state index contributed by atoms with van der Waals surface area (Å²) < 4.78 is 39.4. The number of carbonyl (C=O) groups is 1. The maximum Gasteiger partial charge on any atom is 0.416 e. The van der Waals surface area contributed by atoms with Crippen molar-refractivity contribution in [2.75, 3.05) is 13.6 Å². The number of halogens is 3. The Balaban J connectivity index is 1.87. The van der Waals surface area contributed by atoms with Crippen molar-refractivity contribution in [3.8, 4) is 0 Å². The minimum atomic E-state index is -4.45. The van der Waals surface area contributed by atoms with Gasteiger partial charge in [0.1, 0.15) is 0 Å². The third kappa shape index (κ3) is 6.28. The predicted octanol–water partition coefficient (Wildman–Crippen LogP) is 6.50. The summed E-state index contributed by atoms with van der Waals surface area (Å²) in [6.07, 6.45) is -2.96. The highest BCUT2D eigenvalue weighted by molar-refractivity contribution is 6.32. The maximum absolute atomic E-state index is 13.3. The Morgan fingerprint density at radius 3 is 2.19 bits per heavy atom. The summed E-state index contributed by atoms with van der Waals surface area (Å²) in [7, 11) is 1.89. The fourth-order valence-corrected chi connectivity index (χ4v) is 3.41. The average Bonchev–Trinajstić information content (AvgIpc) is 2.78. The monoisotopic (exact) mass is 435 g/mol. The van der Waals surface area contributed by atoms with Crippen molar-refractivity contribution in [2.24, 2.45) is 0 Å². The highest BCUT2D eigenvalue weighted by Gasteiger charge is 2.30. The second-order valence-corrected chi connectivity index (χ2v) is 7.64. The Bertz CT molecular complexity index is 1100. The van der Waals surface area contributed by atoms with Gasteiger partial charge in [-0.2, -0.15) is 13.2 Å². The van der Waals surface area contributed by atoms with Gasteiger partial charge in [0, 0.05) is 24.2 Å². The fourth-order valence-electron chi connectivity index (χ4n) is 3.41. The highest BCUT2D eigenvalue weighted by atomic mass is 19.4. The lowest BCUT2D eigenvalue weighted by Crippen LogP contribution is -2.23. The largest absolute Gasteiger partial charge is 0.416 e. The highest BCUT2D eigenvalue weighted by Crippen LogP contribution is 2.31. The number of hydrogen-bond acceptors (Lipinski definition) is 2. The SMILES string of the molecule is C=C(CN(C)Cc1ccccc1)C(=O)/C(=C\c1cccc(C(F)(F)F)c1)c1ccccc1. The second-order valence-electron chi connectivity index (χ2n) is 7.64. The first-order valence-electron chi connectivity index (χ1n) is 10.1. The van der Waals surface area contributed by atoms with Crippen molar-refractivity contribution >= 4 is 17.4 Å².